The van der Waals surface area contributed by atoms with Crippen molar-refractivity contribution in [3.63, 3.8) is 0 Å². The van der Waals surface area contributed by atoms with Crippen LogP contribution in [0, 0.1) is 5.41 Å². The molecule has 0 amide bonds. The minimum absolute atomic E-state index is 0.0988. The van der Waals surface area contributed by atoms with Crippen LogP contribution in [0.3, 0.4) is 0 Å². The average molecular weight is 293 g/mol. The monoisotopic (exact) mass is 293 g/mol. The third-order valence-corrected chi connectivity index (χ3v) is 4.57. The average Bonchev–Trinajstić information content (AvgIpc) is 2.99. The Morgan fingerprint density at radius 1 is 1.57 bits per heavy atom. The van der Waals surface area contributed by atoms with Crippen molar-refractivity contribution >= 4 is 11.8 Å². The molecule has 21 heavy (non-hydrogen) atoms. The molecular weight excluding hydrogens is 274 g/mol. The molecule has 0 aromatic carbocycles. The Balaban J connectivity index is 1.74. The van der Waals surface area contributed by atoms with Crippen LogP contribution >= 0.6 is 0 Å². The second kappa shape index (κ2) is 5.48. The molecule has 2 atom stereocenters. The van der Waals surface area contributed by atoms with E-state index in [1.807, 2.05) is 0 Å². The first-order valence-corrected chi connectivity index (χ1v) is 7.23. The third-order valence-electron chi connectivity index (χ3n) is 4.57. The summed E-state index contributed by atoms with van der Waals surface area (Å²) in [7, 11) is 0. The number of carboxylic acids is 1. The van der Waals surface area contributed by atoms with Crippen molar-refractivity contribution < 1.29 is 14.6 Å². The first-order chi connectivity index (χ1) is 10.1. The van der Waals surface area contributed by atoms with Gasteiger partial charge in [0.15, 0.2) is 5.82 Å². The maximum atomic E-state index is 12.1. The van der Waals surface area contributed by atoms with Gasteiger partial charge in [-0.05, 0) is 19.3 Å². The van der Waals surface area contributed by atoms with Crippen molar-refractivity contribution in [1.82, 2.24) is 9.55 Å². The molecule has 1 saturated carbocycles. The summed E-state index contributed by atoms with van der Waals surface area (Å²) in [6.45, 7) is 1.07. The summed E-state index contributed by atoms with van der Waals surface area (Å²) >= 11 is 0. The second-order valence-electron chi connectivity index (χ2n) is 5.82. The normalized spacial score (nSPS) is 27.5. The highest BCUT2D eigenvalue weighted by Gasteiger charge is 2.47. The molecule has 7 heteroatoms. The Morgan fingerprint density at radius 3 is 3.24 bits per heavy atom. The summed E-state index contributed by atoms with van der Waals surface area (Å²) in [6, 6.07) is 0. The van der Waals surface area contributed by atoms with Gasteiger partial charge >= 0.3 is 5.97 Å². The maximum absolute atomic E-state index is 12.1. The number of aromatic nitrogens is 2. The zero-order chi connectivity index (χ0) is 14.9. The van der Waals surface area contributed by atoms with E-state index in [2.05, 4.69) is 10.3 Å². The van der Waals surface area contributed by atoms with Crippen molar-refractivity contribution in [1.29, 1.82) is 0 Å². The third kappa shape index (κ3) is 2.65. The van der Waals surface area contributed by atoms with E-state index in [4.69, 9.17) is 9.84 Å². The van der Waals surface area contributed by atoms with E-state index in [1.54, 1.807) is 0 Å². The van der Waals surface area contributed by atoms with E-state index < -0.39 is 11.5 Å². The van der Waals surface area contributed by atoms with Gasteiger partial charge in [-0.25, -0.2) is 4.98 Å². The summed E-state index contributed by atoms with van der Waals surface area (Å²) in [4.78, 5) is 26.9. The molecule has 0 unspecified atom stereocenters. The van der Waals surface area contributed by atoms with Crippen molar-refractivity contribution in [2.24, 2.45) is 5.41 Å². The summed E-state index contributed by atoms with van der Waals surface area (Å²) in [5.74, 6) is -0.835. The molecule has 2 aliphatic rings. The topological polar surface area (TPSA) is 93.4 Å². The molecule has 0 radical (unpaired) electrons. The molecule has 1 saturated heterocycles. The number of carboxylic acid groups (broad SMARTS) is 1. The lowest BCUT2D eigenvalue weighted by molar-refractivity contribution is -0.137. The number of carbonyl (C=O) groups is 1. The molecule has 2 fully saturated rings. The smallest absolute Gasteiger partial charge is 0.323 e. The summed E-state index contributed by atoms with van der Waals surface area (Å²) < 4.78 is 6.90. The quantitative estimate of drug-likeness (QED) is 0.830. The van der Waals surface area contributed by atoms with E-state index in [-0.39, 0.29) is 23.9 Å². The lowest BCUT2D eigenvalue weighted by Crippen LogP contribution is -2.35. The van der Waals surface area contributed by atoms with Gasteiger partial charge in [-0.15, -0.1) is 0 Å². The van der Waals surface area contributed by atoms with Crippen LogP contribution in [0.4, 0.5) is 5.82 Å². The number of nitrogens with zero attached hydrogens (tertiary/aromatic N) is 2. The van der Waals surface area contributed by atoms with Gasteiger partial charge in [-0.1, -0.05) is 6.42 Å². The van der Waals surface area contributed by atoms with Crippen LogP contribution in [0.5, 0.6) is 0 Å². The molecule has 2 N–H and O–H groups in total. The number of aliphatic carboxylic acids is 1. The number of hydrogen-bond donors (Lipinski definition) is 2. The van der Waals surface area contributed by atoms with Gasteiger partial charge in [-0.2, -0.15) is 0 Å². The zero-order valence-corrected chi connectivity index (χ0v) is 11.7. The van der Waals surface area contributed by atoms with Gasteiger partial charge < -0.3 is 15.2 Å². The first kappa shape index (κ1) is 14.1. The number of nitrogens with one attached hydrogen (secondary N) is 1. The van der Waals surface area contributed by atoms with Crippen molar-refractivity contribution in [3.05, 3.63) is 22.7 Å². The Bertz CT molecular complexity index is 588. The second-order valence-corrected chi connectivity index (χ2v) is 5.82. The molecule has 1 aliphatic heterocycles. The lowest BCUT2D eigenvalue weighted by atomic mass is 9.83. The number of hydrogen-bond acceptors (Lipinski definition) is 5. The molecule has 114 valence electrons. The van der Waals surface area contributed by atoms with Crippen LogP contribution < -0.4 is 10.9 Å². The number of ether oxygens (including phenoxy) is 1. The highest BCUT2D eigenvalue weighted by molar-refractivity contribution is 5.66. The molecule has 0 bridgehead atoms. The Hall–Kier alpha value is -1.89. The fourth-order valence-corrected chi connectivity index (χ4v) is 3.45. The van der Waals surface area contributed by atoms with Crippen LogP contribution in [0.15, 0.2) is 17.2 Å². The lowest BCUT2D eigenvalue weighted by Gasteiger charge is -2.27. The minimum Gasteiger partial charge on any atom is -0.480 e. The largest absolute Gasteiger partial charge is 0.480 e. The van der Waals surface area contributed by atoms with Crippen LogP contribution in [0.2, 0.25) is 0 Å². The van der Waals surface area contributed by atoms with E-state index >= 15 is 0 Å². The number of rotatable bonds is 5. The molecule has 1 aromatic heterocycles. The Labute approximate surface area is 121 Å². The predicted octanol–water partition coefficient (Wildman–Crippen LogP) is 0.699. The van der Waals surface area contributed by atoms with Gasteiger partial charge in [0.2, 0.25) is 0 Å². The fraction of sp³-hybridized carbons (Fsp3) is 0.643. The predicted molar refractivity (Wildman–Crippen MR) is 75.3 cm³/mol. The zero-order valence-electron chi connectivity index (χ0n) is 11.7. The molecule has 2 heterocycles. The van der Waals surface area contributed by atoms with Gasteiger partial charge in [0, 0.05) is 31.0 Å². The van der Waals surface area contributed by atoms with E-state index in [0.29, 0.717) is 6.54 Å². The highest BCUT2D eigenvalue weighted by atomic mass is 16.5. The minimum atomic E-state index is -1.05. The number of anilines is 1. The summed E-state index contributed by atoms with van der Waals surface area (Å²) in [5, 5.41) is 11.9. The van der Waals surface area contributed by atoms with E-state index in [0.717, 1.165) is 36.9 Å². The first-order valence-electron chi connectivity index (χ1n) is 7.23. The molecule has 1 aliphatic carbocycles. The van der Waals surface area contributed by atoms with Crippen LogP contribution in [-0.4, -0.2) is 39.9 Å². The van der Waals surface area contributed by atoms with Crippen LogP contribution in [0.1, 0.15) is 25.7 Å². The molecule has 3 rings (SSSR count). The SMILES string of the molecule is O=C(O)Cn1ccnc(NC[C@]23CCC[C@H]2OCC3)c1=O. The van der Waals surface area contributed by atoms with Gasteiger partial charge in [0.25, 0.3) is 5.56 Å². The van der Waals surface area contributed by atoms with E-state index in [9.17, 15) is 9.59 Å². The molecule has 7 nitrogen and oxygen atoms in total. The van der Waals surface area contributed by atoms with E-state index in [1.165, 1.54) is 12.4 Å². The molecule has 0 spiro atoms. The standard InChI is InChI=1S/C14H19N3O4/c18-11(19)8-17-6-5-15-12(13(17)20)16-9-14-3-1-2-10(14)21-7-4-14/h5-6,10H,1-4,7-9H2,(H,15,16)(H,18,19)/t10-,14-/m1/s1. The van der Waals surface area contributed by atoms with Crippen LogP contribution in [0.25, 0.3) is 0 Å². The van der Waals surface area contributed by atoms with Crippen molar-refractivity contribution in [2.75, 3.05) is 18.5 Å². The van der Waals surface area contributed by atoms with Crippen molar-refractivity contribution in [3.8, 4) is 0 Å². The summed E-state index contributed by atoms with van der Waals surface area (Å²) in [5.41, 5.74) is -0.300. The van der Waals surface area contributed by atoms with Crippen molar-refractivity contribution in [2.45, 2.75) is 38.3 Å². The Morgan fingerprint density at radius 2 is 2.43 bits per heavy atom. The Kier molecular flexibility index (Phi) is 3.67. The number of fused-ring (bicyclic) bond motifs is 1. The van der Waals surface area contributed by atoms with Gasteiger partial charge in [-0.3, -0.25) is 14.2 Å². The highest BCUT2D eigenvalue weighted by Crippen LogP contribution is 2.47. The molecular formula is C14H19N3O4. The fourth-order valence-electron chi connectivity index (χ4n) is 3.45. The summed E-state index contributed by atoms with van der Waals surface area (Å²) in [6.07, 6.45) is 7.43. The van der Waals surface area contributed by atoms with Gasteiger partial charge in [0.1, 0.15) is 6.54 Å². The molecule has 1 aromatic rings. The van der Waals surface area contributed by atoms with Gasteiger partial charge in [0.05, 0.1) is 6.10 Å². The van der Waals surface area contributed by atoms with Crippen LogP contribution in [-0.2, 0) is 16.1 Å². The maximum Gasteiger partial charge on any atom is 0.323 e.